The van der Waals surface area contributed by atoms with Crippen LogP contribution in [-0.4, -0.2) is 29.7 Å². The van der Waals surface area contributed by atoms with Gasteiger partial charge in [0.05, 0.1) is 17.7 Å². The molecule has 7 heteroatoms. The smallest absolute Gasteiger partial charge is 0.217 e. The predicted molar refractivity (Wildman–Crippen MR) is 128 cm³/mol. The van der Waals surface area contributed by atoms with Gasteiger partial charge in [-0.3, -0.25) is 4.79 Å². The zero-order valence-electron chi connectivity index (χ0n) is 18.3. The van der Waals surface area contributed by atoms with E-state index in [9.17, 15) is 18.7 Å². The summed E-state index contributed by atoms with van der Waals surface area (Å²) in [6, 6.07) is 16.7. The van der Waals surface area contributed by atoms with Gasteiger partial charge < -0.3 is 15.7 Å². The Morgan fingerprint density at radius 2 is 1.70 bits per heavy atom. The van der Waals surface area contributed by atoms with Crippen molar-refractivity contribution in [3.63, 3.8) is 0 Å². The molecule has 0 aliphatic heterocycles. The zero-order valence-corrected chi connectivity index (χ0v) is 19.9. The minimum absolute atomic E-state index is 0.0898. The second-order valence-corrected chi connectivity index (χ2v) is 9.51. The number of carbonyl (C=O) groups is 1. The van der Waals surface area contributed by atoms with Gasteiger partial charge in [0.15, 0.2) is 0 Å². The highest BCUT2D eigenvalue weighted by molar-refractivity contribution is 9.10. The fourth-order valence-corrected chi connectivity index (χ4v) is 4.99. The molecule has 3 aromatic carbocycles. The van der Waals surface area contributed by atoms with Crippen LogP contribution in [0.25, 0.3) is 11.1 Å². The first kappa shape index (κ1) is 23.5. The van der Waals surface area contributed by atoms with Crippen molar-refractivity contribution in [1.29, 1.82) is 0 Å². The number of amides is 1. The van der Waals surface area contributed by atoms with Crippen molar-refractivity contribution in [2.75, 3.05) is 6.54 Å². The SMILES string of the molecule is CC(=O)N[C@@H](Cc1cc(F)cc(F)c1)[C@@H](O)CNC1(C)c2ccccc2-c2ccc(Br)cc21. The number of nitrogens with one attached hydrogen (secondary N) is 2. The van der Waals surface area contributed by atoms with Crippen LogP contribution >= 0.6 is 15.9 Å². The van der Waals surface area contributed by atoms with Crippen LogP contribution < -0.4 is 10.6 Å². The van der Waals surface area contributed by atoms with Gasteiger partial charge in [-0.05, 0) is 65.4 Å². The fraction of sp³-hybridized carbons (Fsp3) is 0.269. The van der Waals surface area contributed by atoms with Crippen molar-refractivity contribution in [1.82, 2.24) is 10.6 Å². The van der Waals surface area contributed by atoms with Crippen molar-refractivity contribution in [3.8, 4) is 11.1 Å². The highest BCUT2D eigenvalue weighted by Crippen LogP contribution is 2.47. The van der Waals surface area contributed by atoms with Gasteiger partial charge in [0.25, 0.3) is 0 Å². The van der Waals surface area contributed by atoms with Crippen molar-refractivity contribution in [2.24, 2.45) is 0 Å². The standard InChI is InChI=1S/C26H25BrF2N2O2/c1-15(32)31-24(11-16-9-18(28)13-19(29)10-16)25(33)14-30-26(2)22-6-4-3-5-20(22)21-8-7-17(27)12-23(21)26/h3-10,12-13,24-25,30,33H,11,14H2,1-2H3,(H,31,32)/t24-,25-,26?/m0/s1. The average molecular weight is 515 g/mol. The summed E-state index contributed by atoms with van der Waals surface area (Å²) in [6.07, 6.45) is -0.910. The predicted octanol–water partition coefficient (Wildman–Crippen LogP) is 4.67. The molecule has 1 aliphatic carbocycles. The lowest BCUT2D eigenvalue weighted by molar-refractivity contribution is -0.120. The van der Waals surface area contributed by atoms with Crippen LogP contribution in [0.4, 0.5) is 8.78 Å². The molecule has 1 aliphatic rings. The second-order valence-electron chi connectivity index (χ2n) is 8.60. The van der Waals surface area contributed by atoms with E-state index in [2.05, 4.69) is 57.8 Å². The van der Waals surface area contributed by atoms with Gasteiger partial charge in [0, 0.05) is 24.0 Å². The first-order valence-electron chi connectivity index (χ1n) is 10.7. The number of carbonyl (C=O) groups excluding carboxylic acids is 1. The molecule has 0 aromatic heterocycles. The molecular formula is C26H25BrF2N2O2. The summed E-state index contributed by atoms with van der Waals surface area (Å²) in [4.78, 5) is 11.8. The van der Waals surface area contributed by atoms with Gasteiger partial charge in [-0.1, -0.05) is 46.3 Å². The molecule has 4 nitrogen and oxygen atoms in total. The van der Waals surface area contributed by atoms with Crippen LogP contribution in [0.3, 0.4) is 0 Å². The third-order valence-electron chi connectivity index (χ3n) is 6.17. The monoisotopic (exact) mass is 514 g/mol. The highest BCUT2D eigenvalue weighted by Gasteiger charge is 2.39. The lowest BCUT2D eigenvalue weighted by atomic mass is 9.89. The lowest BCUT2D eigenvalue weighted by Crippen LogP contribution is -2.51. The first-order valence-corrected chi connectivity index (χ1v) is 11.5. The Kier molecular flexibility index (Phi) is 6.66. The number of hydrogen-bond acceptors (Lipinski definition) is 3. The minimum Gasteiger partial charge on any atom is -0.390 e. The Morgan fingerprint density at radius 1 is 1.03 bits per heavy atom. The summed E-state index contributed by atoms with van der Waals surface area (Å²) < 4.78 is 28.3. The van der Waals surface area contributed by atoms with E-state index in [1.54, 1.807) is 0 Å². The van der Waals surface area contributed by atoms with Crippen LogP contribution in [0.2, 0.25) is 0 Å². The molecule has 0 radical (unpaired) electrons. The number of benzene rings is 3. The molecule has 1 amide bonds. The quantitative estimate of drug-likeness (QED) is 0.429. The van der Waals surface area contributed by atoms with E-state index in [1.165, 1.54) is 19.1 Å². The van der Waals surface area contributed by atoms with E-state index in [-0.39, 0.29) is 18.9 Å². The second kappa shape index (κ2) is 9.33. The molecule has 0 bridgehead atoms. The minimum atomic E-state index is -1.000. The molecule has 172 valence electrons. The van der Waals surface area contributed by atoms with Crippen molar-refractivity contribution in [3.05, 3.63) is 93.5 Å². The highest BCUT2D eigenvalue weighted by atomic mass is 79.9. The van der Waals surface area contributed by atoms with Crippen molar-refractivity contribution in [2.45, 2.75) is 38.0 Å². The maximum atomic E-state index is 13.7. The maximum Gasteiger partial charge on any atom is 0.217 e. The van der Waals surface area contributed by atoms with Gasteiger partial charge in [-0.2, -0.15) is 0 Å². The molecule has 0 saturated carbocycles. The van der Waals surface area contributed by atoms with Gasteiger partial charge >= 0.3 is 0 Å². The topological polar surface area (TPSA) is 61.4 Å². The Bertz CT molecular complexity index is 1180. The fourth-order valence-electron chi connectivity index (χ4n) is 4.63. The van der Waals surface area contributed by atoms with E-state index in [0.29, 0.717) is 5.56 Å². The zero-order chi connectivity index (χ0) is 23.8. The largest absolute Gasteiger partial charge is 0.390 e. The van der Waals surface area contributed by atoms with E-state index in [0.717, 1.165) is 32.8 Å². The van der Waals surface area contributed by atoms with Crippen LogP contribution in [0.1, 0.15) is 30.5 Å². The molecule has 3 atom stereocenters. The summed E-state index contributed by atoms with van der Waals surface area (Å²) in [7, 11) is 0. The molecule has 0 fully saturated rings. The molecular weight excluding hydrogens is 490 g/mol. The average Bonchev–Trinajstić information content (AvgIpc) is 2.99. The number of fused-ring (bicyclic) bond motifs is 3. The molecule has 0 saturated heterocycles. The number of rotatable bonds is 7. The van der Waals surface area contributed by atoms with Gasteiger partial charge in [0.1, 0.15) is 11.6 Å². The summed E-state index contributed by atoms with van der Waals surface area (Å²) in [5.41, 5.74) is 4.20. The Balaban J connectivity index is 1.58. The lowest BCUT2D eigenvalue weighted by Gasteiger charge is -2.32. The first-order chi connectivity index (χ1) is 15.7. The van der Waals surface area contributed by atoms with E-state index in [1.807, 2.05) is 18.2 Å². The van der Waals surface area contributed by atoms with Gasteiger partial charge in [0.2, 0.25) is 5.91 Å². The molecule has 33 heavy (non-hydrogen) atoms. The summed E-state index contributed by atoms with van der Waals surface area (Å²) in [5, 5.41) is 17.2. The normalized spacial score (nSPS) is 18.4. The van der Waals surface area contributed by atoms with E-state index < -0.39 is 29.3 Å². The number of halogens is 3. The van der Waals surface area contributed by atoms with Gasteiger partial charge in [-0.15, -0.1) is 0 Å². The third-order valence-corrected chi connectivity index (χ3v) is 6.67. The summed E-state index contributed by atoms with van der Waals surface area (Å²) >= 11 is 3.55. The molecule has 0 heterocycles. The molecule has 0 spiro atoms. The number of aliphatic hydroxyl groups excluding tert-OH is 1. The van der Waals surface area contributed by atoms with Crippen LogP contribution in [0.15, 0.2) is 65.1 Å². The Labute approximate surface area is 200 Å². The van der Waals surface area contributed by atoms with E-state index >= 15 is 0 Å². The van der Waals surface area contributed by atoms with Crippen LogP contribution in [-0.2, 0) is 16.8 Å². The Morgan fingerprint density at radius 3 is 2.39 bits per heavy atom. The Hall–Kier alpha value is -2.61. The van der Waals surface area contributed by atoms with Crippen LogP contribution in [0.5, 0.6) is 0 Å². The molecule has 1 unspecified atom stereocenters. The van der Waals surface area contributed by atoms with Crippen LogP contribution in [0, 0.1) is 11.6 Å². The maximum absolute atomic E-state index is 13.7. The molecule has 3 aromatic rings. The van der Waals surface area contributed by atoms with Crippen molar-refractivity contribution < 1.29 is 18.7 Å². The molecule has 3 N–H and O–H groups in total. The summed E-state index contributed by atoms with van der Waals surface area (Å²) in [5.74, 6) is -1.73. The van der Waals surface area contributed by atoms with Crippen molar-refractivity contribution >= 4 is 21.8 Å². The summed E-state index contributed by atoms with van der Waals surface area (Å²) in [6.45, 7) is 3.56. The van der Waals surface area contributed by atoms with Gasteiger partial charge in [-0.25, -0.2) is 8.78 Å². The third kappa shape index (κ3) is 4.86. The molecule has 4 rings (SSSR count). The number of aliphatic hydroxyl groups is 1. The number of hydrogen-bond donors (Lipinski definition) is 3. The van der Waals surface area contributed by atoms with E-state index in [4.69, 9.17) is 0 Å².